The Hall–Kier alpha value is -1.18. The Morgan fingerprint density at radius 1 is 1.33 bits per heavy atom. The molecule has 3 aromatic rings. The number of nitrogens with zero attached hydrogens (tertiary/aromatic N) is 1. The highest BCUT2D eigenvalue weighted by Gasteiger charge is 2.11. The van der Waals surface area contributed by atoms with Crippen molar-refractivity contribution in [2.75, 3.05) is 6.54 Å². The van der Waals surface area contributed by atoms with Crippen molar-refractivity contribution in [3.05, 3.63) is 49.3 Å². The Morgan fingerprint density at radius 3 is 2.86 bits per heavy atom. The van der Waals surface area contributed by atoms with Crippen LogP contribution in [-0.2, 0) is 6.42 Å². The smallest absolute Gasteiger partial charge is 0.261 e. The summed E-state index contributed by atoms with van der Waals surface area (Å²) in [4.78, 5) is 20.4. The topological polar surface area (TPSA) is 57.8 Å². The summed E-state index contributed by atoms with van der Waals surface area (Å²) in [5.41, 5.74) is 1.97. The molecule has 2 heterocycles. The van der Waals surface area contributed by atoms with Gasteiger partial charge < -0.3 is 10.3 Å². The molecule has 1 amide bonds. The first-order valence-electron chi connectivity index (χ1n) is 6.30. The van der Waals surface area contributed by atoms with Crippen LogP contribution in [0.1, 0.15) is 15.5 Å². The number of hydrogen-bond acceptors (Lipinski definition) is 3. The minimum absolute atomic E-state index is 0.0671. The lowest BCUT2D eigenvalue weighted by atomic mass is 10.3. The fraction of sp³-hybridized carbons (Fsp3) is 0.143. The van der Waals surface area contributed by atoms with Crippen molar-refractivity contribution in [1.29, 1.82) is 0 Å². The van der Waals surface area contributed by atoms with E-state index in [0.29, 0.717) is 17.8 Å². The van der Waals surface area contributed by atoms with Crippen LogP contribution in [0.3, 0.4) is 0 Å². The van der Waals surface area contributed by atoms with Crippen molar-refractivity contribution in [2.45, 2.75) is 6.42 Å². The van der Waals surface area contributed by atoms with Gasteiger partial charge in [-0.1, -0.05) is 12.1 Å². The van der Waals surface area contributed by atoms with Crippen LogP contribution < -0.4 is 5.32 Å². The molecule has 0 saturated heterocycles. The maximum atomic E-state index is 12.0. The Balaban J connectivity index is 1.59. The van der Waals surface area contributed by atoms with E-state index >= 15 is 0 Å². The zero-order valence-electron chi connectivity index (χ0n) is 10.8. The molecule has 2 aromatic heterocycles. The predicted molar refractivity (Wildman–Crippen MR) is 91.8 cm³/mol. The van der Waals surface area contributed by atoms with Crippen LogP contribution in [-0.4, -0.2) is 22.4 Å². The van der Waals surface area contributed by atoms with Crippen LogP contribution in [0.15, 0.2) is 38.6 Å². The number of hydrogen-bond donors (Lipinski definition) is 2. The molecule has 0 aliphatic carbocycles. The summed E-state index contributed by atoms with van der Waals surface area (Å²) in [5, 5.41) is 2.90. The van der Waals surface area contributed by atoms with Gasteiger partial charge in [-0.05, 0) is 50.1 Å². The highest BCUT2D eigenvalue weighted by molar-refractivity contribution is 9.13. The van der Waals surface area contributed by atoms with Crippen molar-refractivity contribution in [2.24, 2.45) is 0 Å². The summed E-state index contributed by atoms with van der Waals surface area (Å²) in [6.07, 6.45) is 0.675. The van der Waals surface area contributed by atoms with Gasteiger partial charge in [-0.15, -0.1) is 11.3 Å². The molecule has 4 nitrogen and oxygen atoms in total. The number of aromatic nitrogens is 2. The summed E-state index contributed by atoms with van der Waals surface area (Å²) >= 11 is 8.17. The van der Waals surface area contributed by atoms with E-state index in [1.165, 1.54) is 11.3 Å². The molecule has 108 valence electrons. The van der Waals surface area contributed by atoms with Crippen LogP contribution in [0.25, 0.3) is 11.0 Å². The van der Waals surface area contributed by atoms with Crippen molar-refractivity contribution in [3.63, 3.8) is 0 Å². The van der Waals surface area contributed by atoms with Gasteiger partial charge in [0.1, 0.15) is 5.82 Å². The van der Waals surface area contributed by atoms with Gasteiger partial charge in [0.05, 0.1) is 19.7 Å². The Labute approximate surface area is 142 Å². The number of para-hydroxylation sites is 2. The standard InChI is InChI=1S/C14H11Br2N3OS/c15-8-7-11(21-13(8)16)14(20)17-6-5-12-18-9-3-1-2-4-10(9)19-12/h1-4,7H,5-6H2,(H,17,20)(H,18,19). The number of carbonyl (C=O) groups is 1. The molecule has 0 radical (unpaired) electrons. The van der Waals surface area contributed by atoms with Gasteiger partial charge >= 0.3 is 0 Å². The predicted octanol–water partition coefficient (Wildman–Crippen LogP) is 4.12. The molecular formula is C14H11Br2N3OS. The second-order valence-corrected chi connectivity index (χ2v) is 7.66. The van der Waals surface area contributed by atoms with Crippen molar-refractivity contribution < 1.29 is 4.79 Å². The van der Waals surface area contributed by atoms with Gasteiger partial charge in [-0.2, -0.15) is 0 Å². The van der Waals surface area contributed by atoms with Crippen LogP contribution in [0.5, 0.6) is 0 Å². The molecule has 0 aliphatic heterocycles. The van der Waals surface area contributed by atoms with Crippen LogP contribution in [0.2, 0.25) is 0 Å². The number of thiophene rings is 1. The molecule has 0 unspecified atom stereocenters. The van der Waals surface area contributed by atoms with Gasteiger partial charge in [0.25, 0.3) is 5.91 Å². The lowest BCUT2D eigenvalue weighted by Crippen LogP contribution is -2.25. The first-order valence-corrected chi connectivity index (χ1v) is 8.70. The third-order valence-electron chi connectivity index (χ3n) is 2.95. The highest BCUT2D eigenvalue weighted by atomic mass is 79.9. The van der Waals surface area contributed by atoms with Gasteiger partial charge in [-0.25, -0.2) is 4.98 Å². The minimum Gasteiger partial charge on any atom is -0.351 e. The molecule has 2 N–H and O–H groups in total. The molecule has 7 heteroatoms. The van der Waals surface area contributed by atoms with E-state index in [2.05, 4.69) is 47.1 Å². The highest BCUT2D eigenvalue weighted by Crippen LogP contribution is 2.32. The summed E-state index contributed by atoms with van der Waals surface area (Å²) in [6.45, 7) is 0.547. The van der Waals surface area contributed by atoms with Crippen LogP contribution >= 0.6 is 43.2 Å². The monoisotopic (exact) mass is 427 g/mol. The van der Waals surface area contributed by atoms with E-state index in [1.54, 1.807) is 0 Å². The summed E-state index contributed by atoms with van der Waals surface area (Å²) in [6, 6.07) is 9.70. The first-order chi connectivity index (χ1) is 10.1. The molecule has 1 aromatic carbocycles. The van der Waals surface area contributed by atoms with Gasteiger partial charge in [0.15, 0.2) is 0 Å². The lowest BCUT2D eigenvalue weighted by molar-refractivity contribution is 0.0958. The average Bonchev–Trinajstić information content (AvgIpc) is 3.02. The molecular weight excluding hydrogens is 418 g/mol. The lowest BCUT2D eigenvalue weighted by Gasteiger charge is -2.01. The number of aromatic amines is 1. The molecule has 0 fully saturated rings. The number of benzene rings is 1. The Morgan fingerprint density at radius 2 is 2.14 bits per heavy atom. The Kier molecular flexibility index (Phi) is 4.42. The van der Waals surface area contributed by atoms with Gasteiger partial charge in [0, 0.05) is 17.4 Å². The zero-order chi connectivity index (χ0) is 14.8. The van der Waals surface area contributed by atoms with E-state index in [9.17, 15) is 4.79 Å². The number of nitrogens with one attached hydrogen (secondary N) is 2. The quantitative estimate of drug-likeness (QED) is 0.656. The molecule has 0 saturated carbocycles. The largest absolute Gasteiger partial charge is 0.351 e. The van der Waals surface area contributed by atoms with E-state index in [4.69, 9.17) is 0 Å². The number of halogens is 2. The van der Waals surface area contributed by atoms with E-state index in [1.807, 2.05) is 30.3 Å². The van der Waals surface area contributed by atoms with Crippen LogP contribution in [0.4, 0.5) is 0 Å². The van der Waals surface area contributed by atoms with Crippen molar-refractivity contribution >= 4 is 60.1 Å². The fourth-order valence-electron chi connectivity index (χ4n) is 1.96. The average molecular weight is 429 g/mol. The second kappa shape index (κ2) is 6.29. The SMILES string of the molecule is O=C(NCCc1nc2ccccc2[nH]1)c1cc(Br)c(Br)s1. The summed E-state index contributed by atoms with van der Waals surface area (Å²) in [5.74, 6) is 0.813. The van der Waals surface area contributed by atoms with Crippen molar-refractivity contribution in [3.8, 4) is 0 Å². The summed E-state index contributed by atoms with van der Waals surface area (Å²) < 4.78 is 1.82. The normalized spacial score (nSPS) is 11.0. The van der Waals surface area contributed by atoms with Crippen LogP contribution in [0, 0.1) is 0 Å². The number of H-pyrrole nitrogens is 1. The molecule has 21 heavy (non-hydrogen) atoms. The minimum atomic E-state index is -0.0671. The first kappa shape index (κ1) is 14.7. The van der Waals surface area contributed by atoms with Gasteiger partial charge in [0.2, 0.25) is 0 Å². The Bertz CT molecular complexity index is 744. The number of imidazole rings is 1. The molecule has 0 spiro atoms. The zero-order valence-corrected chi connectivity index (χ0v) is 14.8. The molecule has 0 aliphatic rings. The number of fused-ring (bicyclic) bond motifs is 1. The third-order valence-corrected chi connectivity index (χ3v) is 6.21. The number of carbonyl (C=O) groups excluding carboxylic acids is 1. The maximum Gasteiger partial charge on any atom is 0.261 e. The number of amides is 1. The van der Waals surface area contributed by atoms with Gasteiger partial charge in [-0.3, -0.25) is 4.79 Å². The van der Waals surface area contributed by atoms with E-state index in [0.717, 1.165) is 25.1 Å². The molecule has 0 atom stereocenters. The second-order valence-electron chi connectivity index (χ2n) is 4.44. The maximum absolute atomic E-state index is 12.0. The third kappa shape index (κ3) is 3.36. The fourth-order valence-corrected chi connectivity index (χ4v) is 3.92. The summed E-state index contributed by atoms with van der Waals surface area (Å²) in [7, 11) is 0. The van der Waals surface area contributed by atoms with E-state index in [-0.39, 0.29) is 5.91 Å². The molecule has 3 rings (SSSR count). The number of rotatable bonds is 4. The molecule has 0 bridgehead atoms. The van der Waals surface area contributed by atoms with E-state index < -0.39 is 0 Å². The van der Waals surface area contributed by atoms with Crippen molar-refractivity contribution in [1.82, 2.24) is 15.3 Å².